The van der Waals surface area contributed by atoms with E-state index in [0.717, 1.165) is 44.5 Å². The van der Waals surface area contributed by atoms with Crippen molar-refractivity contribution in [1.82, 2.24) is 14.5 Å². The fourth-order valence-electron chi connectivity index (χ4n) is 5.26. The van der Waals surface area contributed by atoms with E-state index in [0.29, 0.717) is 31.7 Å². The summed E-state index contributed by atoms with van der Waals surface area (Å²) in [4.78, 5) is 29.6. The third-order valence-corrected chi connectivity index (χ3v) is 8.95. The van der Waals surface area contributed by atoms with Gasteiger partial charge >= 0.3 is 0 Å². The molecule has 1 atom stereocenters. The summed E-state index contributed by atoms with van der Waals surface area (Å²) < 4.78 is 27.7. The zero-order valence-electron chi connectivity index (χ0n) is 19.6. The molecule has 2 fully saturated rings. The average Bonchev–Trinajstić information content (AvgIpc) is 3.01. The van der Waals surface area contributed by atoms with E-state index in [-0.39, 0.29) is 16.7 Å². The lowest BCUT2D eigenvalue weighted by Crippen LogP contribution is -2.48. The van der Waals surface area contributed by atoms with Crippen molar-refractivity contribution in [3.8, 4) is 0 Å². The van der Waals surface area contributed by atoms with Gasteiger partial charge in [0, 0.05) is 45.2 Å². The molecule has 8 nitrogen and oxygen atoms in total. The lowest BCUT2D eigenvalue weighted by atomic mass is 10.1. The molecule has 0 bridgehead atoms. The molecule has 2 saturated heterocycles. The van der Waals surface area contributed by atoms with Gasteiger partial charge < -0.3 is 10.2 Å². The normalized spacial score (nSPS) is 22.6. The summed E-state index contributed by atoms with van der Waals surface area (Å²) >= 11 is 0. The highest BCUT2D eigenvalue weighted by atomic mass is 32.2. The van der Waals surface area contributed by atoms with Crippen molar-refractivity contribution in [3.05, 3.63) is 23.8 Å². The molecular formula is C24H36N4O4S. The molecule has 3 aliphatic heterocycles. The third kappa shape index (κ3) is 5.41. The predicted molar refractivity (Wildman–Crippen MR) is 128 cm³/mol. The highest BCUT2D eigenvalue weighted by Crippen LogP contribution is 2.35. The molecule has 3 aliphatic rings. The number of sulfonamides is 1. The Labute approximate surface area is 197 Å². The monoisotopic (exact) mass is 476 g/mol. The van der Waals surface area contributed by atoms with Crippen molar-refractivity contribution < 1.29 is 18.0 Å². The van der Waals surface area contributed by atoms with Crippen molar-refractivity contribution >= 4 is 27.5 Å². The molecule has 1 aromatic rings. The van der Waals surface area contributed by atoms with E-state index in [1.165, 1.54) is 37.5 Å². The van der Waals surface area contributed by atoms with Crippen LogP contribution in [0.25, 0.3) is 0 Å². The molecule has 0 spiro atoms. The number of hydrogen-bond donors (Lipinski definition) is 1. The smallest absolute Gasteiger partial charge is 0.243 e. The minimum absolute atomic E-state index is 0.184. The second-order valence-electron chi connectivity index (χ2n) is 9.41. The number of carbonyl (C=O) groups is 2. The highest BCUT2D eigenvalue weighted by Gasteiger charge is 2.38. The number of nitrogens with zero attached hydrogens (tertiary/aromatic N) is 3. The Morgan fingerprint density at radius 3 is 2.27 bits per heavy atom. The van der Waals surface area contributed by atoms with E-state index in [4.69, 9.17) is 0 Å². The maximum Gasteiger partial charge on any atom is 0.243 e. The molecule has 0 unspecified atom stereocenters. The van der Waals surface area contributed by atoms with Crippen LogP contribution in [0.5, 0.6) is 0 Å². The van der Waals surface area contributed by atoms with Crippen LogP contribution in [0.15, 0.2) is 23.1 Å². The quantitative estimate of drug-likeness (QED) is 0.679. The lowest BCUT2D eigenvalue weighted by Gasteiger charge is -2.26. The largest absolute Gasteiger partial charge is 0.353 e. The third-order valence-electron chi connectivity index (χ3n) is 7.06. The van der Waals surface area contributed by atoms with Crippen molar-refractivity contribution in [2.24, 2.45) is 0 Å². The molecule has 1 N–H and O–H groups in total. The fourth-order valence-corrected chi connectivity index (χ4v) is 6.82. The SMILES string of the molecule is CC(=O)N1c2ccc(S(=O)(=O)N3CCCCC3)cc2C[C@H]1C(=O)NCCN1CCCCCC1. The van der Waals surface area contributed by atoms with Gasteiger partial charge in [-0.15, -0.1) is 0 Å². The number of likely N-dealkylation sites (tertiary alicyclic amines) is 1. The van der Waals surface area contributed by atoms with Crippen LogP contribution < -0.4 is 10.2 Å². The van der Waals surface area contributed by atoms with Crippen LogP contribution in [0.4, 0.5) is 5.69 Å². The molecule has 182 valence electrons. The fraction of sp³-hybridized carbons (Fsp3) is 0.667. The van der Waals surface area contributed by atoms with E-state index in [1.54, 1.807) is 22.5 Å². The number of hydrogen-bond acceptors (Lipinski definition) is 5. The van der Waals surface area contributed by atoms with Gasteiger partial charge in [0.15, 0.2) is 0 Å². The molecule has 0 radical (unpaired) electrons. The van der Waals surface area contributed by atoms with Crippen LogP contribution in [-0.2, 0) is 26.0 Å². The molecule has 1 aromatic carbocycles. The Bertz CT molecular complexity index is 967. The maximum absolute atomic E-state index is 13.1. The van der Waals surface area contributed by atoms with Gasteiger partial charge in [0.1, 0.15) is 6.04 Å². The van der Waals surface area contributed by atoms with Crippen LogP contribution in [0, 0.1) is 0 Å². The van der Waals surface area contributed by atoms with Gasteiger partial charge in [-0.2, -0.15) is 4.31 Å². The Kier molecular flexibility index (Phi) is 7.71. The van der Waals surface area contributed by atoms with Crippen LogP contribution in [0.3, 0.4) is 0 Å². The van der Waals surface area contributed by atoms with Gasteiger partial charge in [-0.3, -0.25) is 14.5 Å². The Morgan fingerprint density at radius 1 is 0.970 bits per heavy atom. The zero-order chi connectivity index (χ0) is 23.4. The molecule has 3 heterocycles. The van der Waals surface area contributed by atoms with Gasteiger partial charge in [0.25, 0.3) is 0 Å². The standard InChI is InChI=1S/C24H36N4O4S/c1-19(29)28-22-10-9-21(33(31,32)27-14-7-4-8-15-27)17-20(22)18-23(28)24(30)25-11-16-26-12-5-2-3-6-13-26/h9-10,17,23H,2-8,11-16,18H2,1H3,(H,25,30)/t23-/m0/s1. The van der Waals surface area contributed by atoms with Gasteiger partial charge in [0.2, 0.25) is 21.8 Å². The van der Waals surface area contributed by atoms with E-state index in [1.807, 2.05) is 0 Å². The Balaban J connectivity index is 1.44. The Hall–Kier alpha value is -1.97. The second-order valence-corrected chi connectivity index (χ2v) is 11.3. The number of fused-ring (bicyclic) bond motifs is 1. The summed E-state index contributed by atoms with van der Waals surface area (Å²) in [7, 11) is -3.56. The number of piperidine rings is 1. The van der Waals surface area contributed by atoms with E-state index < -0.39 is 16.1 Å². The molecule has 0 saturated carbocycles. The number of rotatable bonds is 6. The summed E-state index contributed by atoms with van der Waals surface area (Å²) in [6, 6.07) is 4.26. The van der Waals surface area contributed by atoms with Crippen molar-refractivity contribution in [2.75, 3.05) is 44.2 Å². The number of anilines is 1. The van der Waals surface area contributed by atoms with Crippen LogP contribution in [-0.4, -0.2) is 74.7 Å². The lowest BCUT2D eigenvalue weighted by molar-refractivity contribution is -0.125. The molecule has 33 heavy (non-hydrogen) atoms. The first-order chi connectivity index (χ1) is 15.9. The summed E-state index contributed by atoms with van der Waals surface area (Å²) in [6.45, 7) is 6.03. The number of amides is 2. The summed E-state index contributed by atoms with van der Waals surface area (Å²) in [5, 5.41) is 3.01. The van der Waals surface area contributed by atoms with Gasteiger partial charge in [-0.1, -0.05) is 19.3 Å². The average molecular weight is 477 g/mol. The van der Waals surface area contributed by atoms with Crippen LogP contribution in [0.1, 0.15) is 57.4 Å². The van der Waals surface area contributed by atoms with E-state index >= 15 is 0 Å². The van der Waals surface area contributed by atoms with Crippen LogP contribution in [0.2, 0.25) is 0 Å². The highest BCUT2D eigenvalue weighted by molar-refractivity contribution is 7.89. The summed E-state index contributed by atoms with van der Waals surface area (Å²) in [6.07, 6.45) is 8.08. The van der Waals surface area contributed by atoms with Crippen molar-refractivity contribution in [3.63, 3.8) is 0 Å². The van der Waals surface area contributed by atoms with E-state index in [2.05, 4.69) is 10.2 Å². The van der Waals surface area contributed by atoms with Gasteiger partial charge in [-0.05, 0) is 62.5 Å². The molecule has 0 aromatic heterocycles. The minimum Gasteiger partial charge on any atom is -0.353 e. The topological polar surface area (TPSA) is 90.0 Å². The Morgan fingerprint density at radius 2 is 1.61 bits per heavy atom. The summed E-state index contributed by atoms with van der Waals surface area (Å²) in [5.41, 5.74) is 1.36. The minimum atomic E-state index is -3.56. The number of nitrogens with one attached hydrogen (secondary N) is 1. The van der Waals surface area contributed by atoms with Gasteiger partial charge in [0.05, 0.1) is 4.90 Å². The second kappa shape index (κ2) is 10.5. The van der Waals surface area contributed by atoms with Crippen molar-refractivity contribution in [1.29, 1.82) is 0 Å². The van der Waals surface area contributed by atoms with Crippen LogP contribution >= 0.6 is 0 Å². The molecular weight excluding hydrogens is 440 g/mol. The molecule has 2 amide bonds. The van der Waals surface area contributed by atoms with Gasteiger partial charge in [-0.25, -0.2) is 8.42 Å². The van der Waals surface area contributed by atoms with Crippen molar-refractivity contribution in [2.45, 2.75) is 69.2 Å². The molecule has 4 rings (SSSR count). The first-order valence-electron chi connectivity index (χ1n) is 12.3. The summed E-state index contributed by atoms with van der Waals surface area (Å²) in [5.74, 6) is -0.398. The number of benzene rings is 1. The number of carbonyl (C=O) groups excluding carboxylic acids is 2. The first-order valence-corrected chi connectivity index (χ1v) is 13.7. The molecule has 0 aliphatic carbocycles. The maximum atomic E-state index is 13.1. The van der Waals surface area contributed by atoms with E-state index in [9.17, 15) is 18.0 Å². The zero-order valence-corrected chi connectivity index (χ0v) is 20.4. The first kappa shape index (κ1) is 24.2. The predicted octanol–water partition coefficient (Wildman–Crippen LogP) is 2.13. The molecule has 9 heteroatoms.